The van der Waals surface area contributed by atoms with Gasteiger partial charge >= 0.3 is 0 Å². The molecule has 0 aromatic heterocycles. The van der Waals surface area contributed by atoms with Crippen molar-refractivity contribution in [2.24, 2.45) is 0 Å². The summed E-state index contributed by atoms with van der Waals surface area (Å²) in [5.74, 6) is -0.634. The number of hydrogen-bond donors (Lipinski definition) is 1. The summed E-state index contributed by atoms with van der Waals surface area (Å²) in [6.45, 7) is 5.49. The summed E-state index contributed by atoms with van der Waals surface area (Å²) in [6, 6.07) is 8.67. The zero-order valence-corrected chi connectivity index (χ0v) is 24.9. The summed E-state index contributed by atoms with van der Waals surface area (Å²) in [5.41, 5.74) is 0.755. The number of rotatable bonds is 12. The summed E-state index contributed by atoms with van der Waals surface area (Å²) in [5, 5.41) is 4.16. The van der Waals surface area contributed by atoms with Gasteiger partial charge in [0.25, 0.3) is 0 Å². The maximum atomic E-state index is 13.5. The Morgan fingerprint density at radius 1 is 1.00 bits per heavy atom. The van der Waals surface area contributed by atoms with E-state index in [4.69, 9.17) is 46.4 Å². The molecule has 204 valence electrons. The molecular formula is C25H31Cl4N3O4S. The highest BCUT2D eigenvalue weighted by molar-refractivity contribution is 7.92. The van der Waals surface area contributed by atoms with E-state index in [1.54, 1.807) is 24.3 Å². The third-order valence-corrected chi connectivity index (χ3v) is 7.98. The molecule has 0 saturated carbocycles. The molecule has 0 fully saturated rings. The molecule has 2 amide bonds. The van der Waals surface area contributed by atoms with Crippen molar-refractivity contribution in [1.29, 1.82) is 0 Å². The van der Waals surface area contributed by atoms with E-state index in [2.05, 4.69) is 5.32 Å². The van der Waals surface area contributed by atoms with Gasteiger partial charge in [0.05, 0.1) is 17.0 Å². The molecule has 2 rings (SSSR count). The molecule has 1 atom stereocenters. The highest BCUT2D eigenvalue weighted by atomic mass is 35.5. The molecule has 2 aromatic rings. The second-order valence-electron chi connectivity index (χ2n) is 8.84. The third kappa shape index (κ3) is 8.93. The number of anilines is 1. The largest absolute Gasteiger partial charge is 0.352 e. The van der Waals surface area contributed by atoms with Gasteiger partial charge in [0, 0.05) is 46.2 Å². The number of nitrogens with zero attached hydrogens (tertiary/aromatic N) is 2. The fraction of sp³-hybridized carbons (Fsp3) is 0.440. The Morgan fingerprint density at radius 3 is 2.16 bits per heavy atom. The van der Waals surface area contributed by atoms with Crippen molar-refractivity contribution >= 4 is 73.9 Å². The molecular weight excluding hydrogens is 580 g/mol. The van der Waals surface area contributed by atoms with Gasteiger partial charge in [0.1, 0.15) is 6.04 Å². The van der Waals surface area contributed by atoms with E-state index >= 15 is 0 Å². The highest BCUT2D eigenvalue weighted by Crippen LogP contribution is 2.31. The Morgan fingerprint density at radius 2 is 1.62 bits per heavy atom. The topological polar surface area (TPSA) is 86.8 Å². The monoisotopic (exact) mass is 609 g/mol. The van der Waals surface area contributed by atoms with Crippen LogP contribution >= 0.6 is 46.4 Å². The molecule has 2 aromatic carbocycles. The maximum absolute atomic E-state index is 13.5. The van der Waals surface area contributed by atoms with Crippen LogP contribution in [0.3, 0.4) is 0 Å². The van der Waals surface area contributed by atoms with Crippen LogP contribution in [-0.4, -0.2) is 50.0 Å². The lowest BCUT2D eigenvalue weighted by Crippen LogP contribution is -2.50. The van der Waals surface area contributed by atoms with Crippen LogP contribution in [0, 0.1) is 0 Å². The molecule has 12 heteroatoms. The van der Waals surface area contributed by atoms with Crippen LogP contribution in [0.15, 0.2) is 36.4 Å². The molecule has 0 aliphatic rings. The molecule has 1 N–H and O–H groups in total. The molecule has 0 bridgehead atoms. The van der Waals surface area contributed by atoms with Gasteiger partial charge in [-0.25, -0.2) is 8.42 Å². The smallest absolute Gasteiger partial charge is 0.243 e. The predicted octanol–water partition coefficient (Wildman–Crippen LogP) is 6.18. The second kappa shape index (κ2) is 13.9. The number of benzene rings is 2. The lowest BCUT2D eigenvalue weighted by Gasteiger charge is -2.32. The first kappa shape index (κ1) is 31.5. The van der Waals surface area contributed by atoms with Crippen molar-refractivity contribution in [3.8, 4) is 0 Å². The molecule has 37 heavy (non-hydrogen) atoms. The number of amides is 2. The minimum absolute atomic E-state index is 0.0136. The molecule has 0 heterocycles. The van der Waals surface area contributed by atoms with Gasteiger partial charge < -0.3 is 10.2 Å². The van der Waals surface area contributed by atoms with E-state index in [1.165, 1.54) is 17.0 Å². The van der Waals surface area contributed by atoms with Crippen LogP contribution in [0.4, 0.5) is 5.69 Å². The van der Waals surface area contributed by atoms with E-state index in [0.717, 1.165) is 10.6 Å². The summed E-state index contributed by atoms with van der Waals surface area (Å²) in [4.78, 5) is 27.9. The molecule has 0 aliphatic heterocycles. The number of carbonyl (C=O) groups is 2. The second-order valence-corrected chi connectivity index (χ2v) is 12.4. The normalized spacial score (nSPS) is 12.4. The molecule has 0 spiro atoms. The van der Waals surface area contributed by atoms with Crippen LogP contribution in [0.2, 0.25) is 20.1 Å². The summed E-state index contributed by atoms with van der Waals surface area (Å²) >= 11 is 25.0. The zero-order valence-electron chi connectivity index (χ0n) is 21.1. The van der Waals surface area contributed by atoms with Crippen LogP contribution < -0.4 is 9.62 Å². The van der Waals surface area contributed by atoms with Gasteiger partial charge in [-0.2, -0.15) is 0 Å². The number of sulfonamides is 1. The quantitative estimate of drug-likeness (QED) is 0.311. The van der Waals surface area contributed by atoms with Crippen molar-refractivity contribution in [2.45, 2.75) is 58.7 Å². The van der Waals surface area contributed by atoms with Gasteiger partial charge in [0.15, 0.2) is 0 Å². The summed E-state index contributed by atoms with van der Waals surface area (Å²) in [6.07, 6.45) is 1.56. The average Bonchev–Trinajstić information content (AvgIpc) is 2.79. The third-order valence-electron chi connectivity index (χ3n) is 5.54. The van der Waals surface area contributed by atoms with E-state index < -0.39 is 16.1 Å². The Balaban J connectivity index is 2.31. The number of nitrogens with one attached hydrogen (secondary N) is 1. The first-order valence-electron chi connectivity index (χ1n) is 11.7. The molecule has 7 nitrogen and oxygen atoms in total. The van der Waals surface area contributed by atoms with Gasteiger partial charge in [0.2, 0.25) is 21.8 Å². The first-order chi connectivity index (χ1) is 17.3. The Bertz CT molecular complexity index is 1200. The fourth-order valence-electron chi connectivity index (χ4n) is 3.81. The van der Waals surface area contributed by atoms with Crippen molar-refractivity contribution < 1.29 is 18.0 Å². The van der Waals surface area contributed by atoms with Crippen molar-refractivity contribution in [1.82, 2.24) is 10.2 Å². The van der Waals surface area contributed by atoms with Gasteiger partial charge in [-0.3, -0.25) is 13.9 Å². The van der Waals surface area contributed by atoms with Crippen molar-refractivity contribution in [3.05, 3.63) is 62.1 Å². The van der Waals surface area contributed by atoms with Crippen molar-refractivity contribution in [3.63, 3.8) is 0 Å². The standard InChI is InChI=1S/C25H31Cl4N3O4S/c1-5-22(25(34)30-16(2)3)31(15-18-19(27)8-6-9-20(18)28)24(33)10-7-13-32(37(4,35)36)23-14-17(26)11-12-21(23)29/h6,8-9,11-12,14,16,22H,5,7,10,13,15H2,1-4H3,(H,30,34)/t22-/m1/s1. The van der Waals surface area contributed by atoms with Gasteiger partial charge in [-0.05, 0) is 57.0 Å². The lowest BCUT2D eigenvalue weighted by atomic mass is 10.1. The fourth-order valence-corrected chi connectivity index (χ4v) is 5.74. The summed E-state index contributed by atoms with van der Waals surface area (Å²) in [7, 11) is -3.72. The average molecular weight is 611 g/mol. The van der Waals surface area contributed by atoms with E-state index in [9.17, 15) is 18.0 Å². The number of halogens is 4. The molecule has 0 unspecified atom stereocenters. The number of hydrogen-bond acceptors (Lipinski definition) is 4. The molecule has 0 radical (unpaired) electrons. The van der Waals surface area contributed by atoms with Gasteiger partial charge in [-0.15, -0.1) is 0 Å². The summed E-state index contributed by atoms with van der Waals surface area (Å²) < 4.78 is 26.1. The first-order valence-corrected chi connectivity index (χ1v) is 15.1. The number of carbonyl (C=O) groups excluding carboxylic acids is 2. The lowest BCUT2D eigenvalue weighted by molar-refractivity contribution is -0.141. The van der Waals surface area contributed by atoms with Crippen LogP contribution in [0.5, 0.6) is 0 Å². The Hall–Kier alpha value is -1.71. The van der Waals surface area contributed by atoms with E-state index in [-0.39, 0.29) is 54.5 Å². The Labute approximate surface area is 239 Å². The predicted molar refractivity (Wildman–Crippen MR) is 152 cm³/mol. The van der Waals surface area contributed by atoms with Crippen LogP contribution in [-0.2, 0) is 26.2 Å². The van der Waals surface area contributed by atoms with E-state index in [1.807, 2.05) is 20.8 Å². The molecule has 0 saturated heterocycles. The minimum atomic E-state index is -3.72. The van der Waals surface area contributed by atoms with Crippen LogP contribution in [0.1, 0.15) is 45.6 Å². The maximum Gasteiger partial charge on any atom is 0.243 e. The van der Waals surface area contributed by atoms with Crippen molar-refractivity contribution in [2.75, 3.05) is 17.1 Å². The molecule has 0 aliphatic carbocycles. The Kier molecular flexibility index (Phi) is 11.8. The minimum Gasteiger partial charge on any atom is -0.352 e. The van der Waals surface area contributed by atoms with Crippen LogP contribution in [0.25, 0.3) is 0 Å². The van der Waals surface area contributed by atoms with Gasteiger partial charge in [-0.1, -0.05) is 59.4 Å². The zero-order chi connectivity index (χ0) is 27.9. The van der Waals surface area contributed by atoms with E-state index in [0.29, 0.717) is 27.1 Å². The SMILES string of the molecule is CC[C@H](C(=O)NC(C)C)N(Cc1c(Cl)cccc1Cl)C(=O)CCCN(c1cc(Cl)ccc1Cl)S(C)(=O)=O. The highest BCUT2D eigenvalue weighted by Gasteiger charge is 2.30.